The van der Waals surface area contributed by atoms with Crippen molar-refractivity contribution in [3.05, 3.63) is 60.1 Å². The number of piperidine rings is 1. The lowest BCUT2D eigenvalue weighted by Gasteiger charge is -2.33. The van der Waals surface area contributed by atoms with E-state index >= 15 is 0 Å². The van der Waals surface area contributed by atoms with Gasteiger partial charge < -0.3 is 20.4 Å². The van der Waals surface area contributed by atoms with Crippen molar-refractivity contribution in [2.75, 3.05) is 13.1 Å². The molecule has 2 amide bonds. The van der Waals surface area contributed by atoms with Gasteiger partial charge >= 0.3 is 0 Å². The van der Waals surface area contributed by atoms with Crippen molar-refractivity contribution in [2.45, 2.75) is 31.8 Å². The summed E-state index contributed by atoms with van der Waals surface area (Å²) < 4.78 is 5.16. The molecule has 0 saturated carbocycles. The van der Waals surface area contributed by atoms with E-state index < -0.39 is 0 Å². The van der Waals surface area contributed by atoms with Crippen LogP contribution in [0.25, 0.3) is 0 Å². The minimum atomic E-state index is -0.336. The second-order valence-electron chi connectivity index (χ2n) is 6.78. The number of furan rings is 1. The first-order valence-corrected chi connectivity index (χ1v) is 9.00. The van der Waals surface area contributed by atoms with Crippen LogP contribution in [-0.4, -0.2) is 35.8 Å². The van der Waals surface area contributed by atoms with Crippen LogP contribution in [0.5, 0.6) is 0 Å². The van der Waals surface area contributed by atoms with Crippen LogP contribution in [0.4, 0.5) is 0 Å². The van der Waals surface area contributed by atoms with E-state index in [1.54, 1.807) is 17.0 Å². The molecule has 0 bridgehead atoms. The van der Waals surface area contributed by atoms with Gasteiger partial charge in [0.05, 0.1) is 12.2 Å². The second kappa shape index (κ2) is 8.19. The predicted octanol–water partition coefficient (Wildman–Crippen LogP) is 2.34. The Balaban J connectivity index is 1.49. The number of nitrogens with zero attached hydrogens (tertiary/aromatic N) is 1. The van der Waals surface area contributed by atoms with E-state index in [0.717, 1.165) is 18.4 Å². The maximum absolute atomic E-state index is 12.5. The van der Waals surface area contributed by atoms with Crippen LogP contribution in [-0.2, 0) is 4.79 Å². The Morgan fingerprint density at radius 2 is 1.85 bits per heavy atom. The maximum atomic E-state index is 12.5. The maximum Gasteiger partial charge on any atom is 0.289 e. The van der Waals surface area contributed by atoms with Crippen molar-refractivity contribution < 1.29 is 14.0 Å². The molecule has 2 atom stereocenters. The minimum Gasteiger partial charge on any atom is -0.459 e. The van der Waals surface area contributed by atoms with Gasteiger partial charge in [-0.3, -0.25) is 9.59 Å². The van der Waals surface area contributed by atoms with Gasteiger partial charge in [0.1, 0.15) is 0 Å². The average Bonchev–Trinajstić information content (AvgIpc) is 3.22. The monoisotopic (exact) mass is 355 g/mol. The lowest BCUT2D eigenvalue weighted by Crippen LogP contribution is -2.48. The van der Waals surface area contributed by atoms with E-state index in [2.05, 4.69) is 5.32 Å². The van der Waals surface area contributed by atoms with Crippen LogP contribution in [0, 0.1) is 5.92 Å². The molecule has 26 heavy (non-hydrogen) atoms. The van der Waals surface area contributed by atoms with E-state index in [1.807, 2.05) is 37.3 Å². The highest BCUT2D eigenvalue weighted by atomic mass is 16.3. The number of rotatable bonds is 5. The largest absolute Gasteiger partial charge is 0.459 e. The minimum absolute atomic E-state index is 0.0443. The third kappa shape index (κ3) is 4.14. The smallest absolute Gasteiger partial charge is 0.289 e. The summed E-state index contributed by atoms with van der Waals surface area (Å²) in [6.45, 7) is 3.05. The predicted molar refractivity (Wildman–Crippen MR) is 98.3 cm³/mol. The Morgan fingerprint density at radius 1 is 1.15 bits per heavy atom. The summed E-state index contributed by atoms with van der Waals surface area (Å²) in [5, 5.41) is 3.08. The quantitative estimate of drug-likeness (QED) is 0.861. The molecule has 138 valence electrons. The summed E-state index contributed by atoms with van der Waals surface area (Å²) in [6.07, 6.45) is 2.95. The highest BCUT2D eigenvalue weighted by Gasteiger charge is 2.28. The number of nitrogens with two attached hydrogens (primary N) is 1. The number of amides is 2. The van der Waals surface area contributed by atoms with Crippen molar-refractivity contribution >= 4 is 11.8 Å². The molecule has 1 aromatic carbocycles. The topological polar surface area (TPSA) is 88.6 Å². The fourth-order valence-corrected chi connectivity index (χ4v) is 3.24. The highest BCUT2D eigenvalue weighted by molar-refractivity contribution is 5.91. The molecule has 1 saturated heterocycles. The first-order valence-electron chi connectivity index (χ1n) is 9.00. The molecule has 2 aromatic rings. The number of likely N-dealkylation sites (tertiary alicyclic amines) is 1. The van der Waals surface area contributed by atoms with Crippen LogP contribution in [0.2, 0.25) is 0 Å². The van der Waals surface area contributed by atoms with E-state index in [1.165, 1.54) is 6.26 Å². The molecule has 6 heteroatoms. The van der Waals surface area contributed by atoms with Gasteiger partial charge in [-0.1, -0.05) is 37.3 Å². The molecular weight excluding hydrogens is 330 g/mol. The molecule has 1 aliphatic rings. The van der Waals surface area contributed by atoms with Gasteiger partial charge in [0.2, 0.25) is 5.91 Å². The van der Waals surface area contributed by atoms with Crippen LogP contribution in [0.3, 0.4) is 0 Å². The van der Waals surface area contributed by atoms with Gasteiger partial charge in [0.15, 0.2) is 5.76 Å². The zero-order valence-electron chi connectivity index (χ0n) is 14.9. The van der Waals surface area contributed by atoms with Gasteiger partial charge in [0, 0.05) is 25.2 Å². The third-order valence-electron chi connectivity index (χ3n) is 5.00. The van der Waals surface area contributed by atoms with E-state index in [0.29, 0.717) is 18.8 Å². The van der Waals surface area contributed by atoms with Crippen LogP contribution >= 0.6 is 0 Å². The van der Waals surface area contributed by atoms with Gasteiger partial charge in [-0.25, -0.2) is 0 Å². The Kier molecular flexibility index (Phi) is 5.73. The van der Waals surface area contributed by atoms with Gasteiger partial charge in [0.25, 0.3) is 5.91 Å². The average molecular weight is 355 g/mol. The molecule has 1 aliphatic heterocycles. The van der Waals surface area contributed by atoms with Gasteiger partial charge in [-0.05, 0) is 30.5 Å². The summed E-state index contributed by atoms with van der Waals surface area (Å²) in [4.78, 5) is 26.6. The summed E-state index contributed by atoms with van der Waals surface area (Å²) >= 11 is 0. The van der Waals surface area contributed by atoms with Crippen molar-refractivity contribution in [1.29, 1.82) is 0 Å². The summed E-state index contributed by atoms with van der Waals surface area (Å²) in [7, 11) is 0. The SMILES string of the molecule is CC(C(=O)NC1CCN(C(=O)c2ccco2)CC1)C(N)c1ccccc1. The molecule has 3 rings (SSSR count). The van der Waals surface area contributed by atoms with Gasteiger partial charge in [-0.15, -0.1) is 0 Å². The fourth-order valence-electron chi connectivity index (χ4n) is 3.24. The highest BCUT2D eigenvalue weighted by Crippen LogP contribution is 2.20. The van der Waals surface area contributed by atoms with Crippen molar-refractivity contribution in [1.82, 2.24) is 10.2 Å². The number of nitrogens with one attached hydrogen (secondary N) is 1. The van der Waals surface area contributed by atoms with Gasteiger partial charge in [-0.2, -0.15) is 0 Å². The first kappa shape index (κ1) is 18.2. The zero-order valence-corrected chi connectivity index (χ0v) is 14.9. The lowest BCUT2D eigenvalue weighted by molar-refractivity contribution is -0.126. The molecule has 0 aliphatic carbocycles. The normalized spacial score (nSPS) is 17.5. The van der Waals surface area contributed by atoms with Crippen LogP contribution in [0.1, 0.15) is 41.9 Å². The number of carbonyl (C=O) groups is 2. The van der Waals surface area contributed by atoms with E-state index in [-0.39, 0.29) is 29.8 Å². The molecule has 2 unspecified atom stereocenters. The summed E-state index contributed by atoms with van der Waals surface area (Å²) in [5.41, 5.74) is 7.19. The molecule has 0 radical (unpaired) electrons. The molecule has 3 N–H and O–H groups in total. The van der Waals surface area contributed by atoms with Crippen molar-refractivity contribution in [3.8, 4) is 0 Å². The van der Waals surface area contributed by atoms with Crippen molar-refractivity contribution in [3.63, 3.8) is 0 Å². The second-order valence-corrected chi connectivity index (χ2v) is 6.78. The summed E-state index contributed by atoms with van der Waals surface area (Å²) in [6, 6.07) is 12.8. The molecule has 6 nitrogen and oxygen atoms in total. The number of carbonyl (C=O) groups excluding carboxylic acids is 2. The Hall–Kier alpha value is -2.60. The Bertz CT molecular complexity index is 722. The molecule has 1 aromatic heterocycles. The molecule has 1 fully saturated rings. The molecule has 0 spiro atoms. The standard InChI is InChI=1S/C20H25N3O3/c1-14(18(21)15-6-3-2-4-7-15)19(24)22-16-9-11-23(12-10-16)20(25)17-8-5-13-26-17/h2-8,13-14,16,18H,9-12,21H2,1H3,(H,22,24). The lowest BCUT2D eigenvalue weighted by atomic mass is 9.94. The number of hydrogen-bond acceptors (Lipinski definition) is 4. The molecular formula is C20H25N3O3. The third-order valence-corrected chi connectivity index (χ3v) is 5.00. The fraction of sp³-hybridized carbons (Fsp3) is 0.400. The Morgan fingerprint density at radius 3 is 2.46 bits per heavy atom. The van der Waals surface area contributed by atoms with Crippen LogP contribution < -0.4 is 11.1 Å². The zero-order chi connectivity index (χ0) is 18.5. The van der Waals surface area contributed by atoms with E-state index in [9.17, 15) is 9.59 Å². The van der Waals surface area contributed by atoms with Crippen molar-refractivity contribution in [2.24, 2.45) is 11.7 Å². The molecule has 2 heterocycles. The van der Waals surface area contributed by atoms with Crippen LogP contribution in [0.15, 0.2) is 53.1 Å². The number of hydrogen-bond donors (Lipinski definition) is 2. The first-order chi connectivity index (χ1) is 12.6. The number of benzene rings is 1. The summed E-state index contributed by atoms with van der Waals surface area (Å²) in [5.74, 6) is -0.105. The van der Waals surface area contributed by atoms with E-state index in [4.69, 9.17) is 10.2 Å². The Labute approximate surface area is 153 Å².